The van der Waals surface area contributed by atoms with Crippen molar-refractivity contribution in [1.29, 1.82) is 0 Å². The van der Waals surface area contributed by atoms with E-state index in [9.17, 15) is 13.2 Å². The van der Waals surface area contributed by atoms with Gasteiger partial charge in [0.2, 0.25) is 10.0 Å². The van der Waals surface area contributed by atoms with E-state index in [-0.39, 0.29) is 21.4 Å². The Balaban J connectivity index is 1.86. The summed E-state index contributed by atoms with van der Waals surface area (Å²) >= 11 is 6.10. The second-order valence-electron chi connectivity index (χ2n) is 5.52. The van der Waals surface area contributed by atoms with Gasteiger partial charge < -0.3 is 14.5 Å². The van der Waals surface area contributed by atoms with E-state index >= 15 is 0 Å². The first-order chi connectivity index (χ1) is 11.9. The fourth-order valence-electron chi connectivity index (χ4n) is 2.44. The van der Waals surface area contributed by atoms with Crippen LogP contribution in [0.3, 0.4) is 0 Å². The Kier molecular flexibility index (Phi) is 5.14. The molecule has 1 aliphatic heterocycles. The summed E-state index contributed by atoms with van der Waals surface area (Å²) < 4.78 is 37.2. The maximum Gasteiger partial charge on any atom is 0.291 e. The van der Waals surface area contributed by atoms with Crippen LogP contribution in [0.5, 0.6) is 0 Å². The van der Waals surface area contributed by atoms with Gasteiger partial charge in [0, 0.05) is 13.1 Å². The third kappa shape index (κ3) is 3.87. The van der Waals surface area contributed by atoms with Gasteiger partial charge in [-0.25, -0.2) is 8.42 Å². The predicted octanol–water partition coefficient (Wildman–Crippen LogP) is 2.51. The number of benzene rings is 1. The quantitative estimate of drug-likeness (QED) is 0.874. The number of hydrogen-bond donors (Lipinski definition) is 1. The molecule has 1 aromatic carbocycles. The van der Waals surface area contributed by atoms with Crippen LogP contribution in [0.1, 0.15) is 16.3 Å². The first kappa shape index (κ1) is 17.9. The van der Waals surface area contributed by atoms with Crippen LogP contribution in [0.25, 0.3) is 0 Å². The lowest BCUT2D eigenvalue weighted by Gasteiger charge is -2.26. The molecule has 0 spiro atoms. The highest BCUT2D eigenvalue weighted by Crippen LogP contribution is 2.28. The number of nitrogens with zero attached hydrogens (tertiary/aromatic N) is 1. The van der Waals surface area contributed by atoms with Crippen molar-refractivity contribution in [2.75, 3.05) is 31.6 Å². The molecule has 0 saturated carbocycles. The Morgan fingerprint density at radius 3 is 2.56 bits per heavy atom. The third-order valence-corrected chi connectivity index (χ3v) is 5.98. The molecule has 1 aliphatic rings. The van der Waals surface area contributed by atoms with Crippen LogP contribution >= 0.6 is 11.6 Å². The second-order valence-corrected chi connectivity index (χ2v) is 7.87. The first-order valence-corrected chi connectivity index (χ1v) is 9.45. The maximum absolute atomic E-state index is 12.7. The fourth-order valence-corrected chi connectivity index (χ4v) is 4.04. The number of hydrogen-bond acceptors (Lipinski definition) is 5. The molecule has 0 atom stereocenters. The molecule has 9 heteroatoms. The molecule has 7 nitrogen and oxygen atoms in total. The van der Waals surface area contributed by atoms with Gasteiger partial charge in [0.25, 0.3) is 5.91 Å². The van der Waals surface area contributed by atoms with Crippen molar-refractivity contribution in [3.63, 3.8) is 0 Å². The average molecular weight is 385 g/mol. The number of halogens is 1. The summed E-state index contributed by atoms with van der Waals surface area (Å²) in [5, 5.41) is 2.82. The molecule has 2 aromatic rings. The predicted molar refractivity (Wildman–Crippen MR) is 92.4 cm³/mol. The molecule has 134 valence electrons. The molecular formula is C16H17ClN2O5S. The number of sulfonamides is 1. The molecule has 3 rings (SSSR count). The molecule has 2 heterocycles. The van der Waals surface area contributed by atoms with E-state index in [0.29, 0.717) is 32.1 Å². The number of anilines is 1. The highest BCUT2D eigenvalue weighted by molar-refractivity contribution is 7.89. The van der Waals surface area contributed by atoms with Gasteiger partial charge in [0.15, 0.2) is 5.76 Å². The summed E-state index contributed by atoms with van der Waals surface area (Å²) in [6.45, 7) is 3.01. The zero-order chi connectivity index (χ0) is 18.0. The van der Waals surface area contributed by atoms with E-state index < -0.39 is 15.9 Å². The monoisotopic (exact) mass is 384 g/mol. The van der Waals surface area contributed by atoms with Gasteiger partial charge in [-0.3, -0.25) is 4.79 Å². The zero-order valence-corrected chi connectivity index (χ0v) is 15.1. The van der Waals surface area contributed by atoms with Gasteiger partial charge in [0.1, 0.15) is 5.76 Å². The normalized spacial score (nSPS) is 15.9. The number of nitrogens with one attached hydrogen (secondary N) is 1. The number of carbonyl (C=O) groups is 1. The van der Waals surface area contributed by atoms with Gasteiger partial charge in [-0.2, -0.15) is 4.31 Å². The Bertz CT molecular complexity index is 888. The molecule has 1 aromatic heterocycles. The molecular weight excluding hydrogens is 368 g/mol. The first-order valence-electron chi connectivity index (χ1n) is 7.63. The molecule has 1 N–H and O–H groups in total. The number of aryl methyl sites for hydroxylation is 1. The lowest BCUT2D eigenvalue weighted by atomic mass is 10.3. The molecule has 1 saturated heterocycles. The molecule has 0 bridgehead atoms. The van der Waals surface area contributed by atoms with Gasteiger partial charge in [-0.1, -0.05) is 11.6 Å². The van der Waals surface area contributed by atoms with E-state index in [1.165, 1.54) is 28.6 Å². The van der Waals surface area contributed by atoms with Crippen LogP contribution in [0.4, 0.5) is 5.69 Å². The molecule has 0 aliphatic carbocycles. The minimum Gasteiger partial charge on any atom is -0.456 e. The van der Waals surface area contributed by atoms with Crippen LogP contribution in [0, 0.1) is 6.92 Å². The Morgan fingerprint density at radius 2 is 1.92 bits per heavy atom. The van der Waals surface area contributed by atoms with Crippen molar-refractivity contribution in [2.24, 2.45) is 0 Å². The molecule has 1 amide bonds. The van der Waals surface area contributed by atoms with E-state index in [4.69, 9.17) is 20.8 Å². The van der Waals surface area contributed by atoms with Gasteiger partial charge in [-0.15, -0.1) is 0 Å². The number of amides is 1. The number of ether oxygens (including phenoxy) is 1. The van der Waals surface area contributed by atoms with E-state index in [1.807, 2.05) is 0 Å². The van der Waals surface area contributed by atoms with Crippen molar-refractivity contribution >= 4 is 33.2 Å². The van der Waals surface area contributed by atoms with Crippen LogP contribution in [0.2, 0.25) is 5.02 Å². The molecule has 0 unspecified atom stereocenters. The minimum absolute atomic E-state index is 0.0599. The fraction of sp³-hybridized carbons (Fsp3) is 0.312. The van der Waals surface area contributed by atoms with Crippen molar-refractivity contribution in [3.05, 3.63) is 46.9 Å². The average Bonchev–Trinajstić information content (AvgIpc) is 3.04. The van der Waals surface area contributed by atoms with Crippen molar-refractivity contribution in [2.45, 2.75) is 11.8 Å². The van der Waals surface area contributed by atoms with E-state index in [1.54, 1.807) is 13.0 Å². The number of rotatable bonds is 4. The van der Waals surface area contributed by atoms with E-state index in [2.05, 4.69) is 5.32 Å². The smallest absolute Gasteiger partial charge is 0.291 e. The Hall–Kier alpha value is -1.87. The molecule has 25 heavy (non-hydrogen) atoms. The van der Waals surface area contributed by atoms with Crippen molar-refractivity contribution in [3.8, 4) is 0 Å². The summed E-state index contributed by atoms with van der Waals surface area (Å²) in [5.74, 6) is 0.214. The maximum atomic E-state index is 12.7. The number of furan rings is 1. The van der Waals surface area contributed by atoms with Gasteiger partial charge >= 0.3 is 0 Å². The minimum atomic E-state index is -3.68. The third-order valence-electron chi connectivity index (χ3n) is 3.76. The van der Waals surface area contributed by atoms with Gasteiger partial charge in [0.05, 0.1) is 28.8 Å². The SMILES string of the molecule is Cc1ccc(C(=O)Nc2cc(S(=O)(=O)N3CCOCC3)ccc2Cl)o1. The highest BCUT2D eigenvalue weighted by Gasteiger charge is 2.27. The number of morpholine rings is 1. The Morgan fingerprint density at radius 1 is 1.20 bits per heavy atom. The topological polar surface area (TPSA) is 88.9 Å². The lowest BCUT2D eigenvalue weighted by Crippen LogP contribution is -2.40. The van der Waals surface area contributed by atoms with Crippen LogP contribution < -0.4 is 5.32 Å². The summed E-state index contributed by atoms with van der Waals surface area (Å²) in [4.78, 5) is 12.3. The number of carbonyl (C=O) groups excluding carboxylic acids is 1. The summed E-state index contributed by atoms with van der Waals surface area (Å²) in [6, 6.07) is 7.40. The van der Waals surface area contributed by atoms with Crippen molar-refractivity contribution < 1.29 is 22.4 Å². The highest BCUT2D eigenvalue weighted by atomic mass is 35.5. The largest absolute Gasteiger partial charge is 0.456 e. The van der Waals surface area contributed by atoms with Gasteiger partial charge in [-0.05, 0) is 37.3 Å². The molecule has 0 radical (unpaired) electrons. The lowest BCUT2D eigenvalue weighted by molar-refractivity contribution is 0.0730. The summed E-state index contributed by atoms with van der Waals surface area (Å²) in [7, 11) is -3.68. The van der Waals surface area contributed by atoms with E-state index in [0.717, 1.165) is 0 Å². The summed E-state index contributed by atoms with van der Waals surface area (Å²) in [6.07, 6.45) is 0. The van der Waals surface area contributed by atoms with Crippen molar-refractivity contribution in [1.82, 2.24) is 4.31 Å². The molecule has 1 fully saturated rings. The standard InChI is InChI=1S/C16H17ClN2O5S/c1-11-2-5-15(24-11)16(20)18-14-10-12(3-4-13(14)17)25(21,22)19-6-8-23-9-7-19/h2-5,10H,6-9H2,1H3,(H,18,20). The van der Waals surface area contributed by atoms with Crippen LogP contribution in [0.15, 0.2) is 39.6 Å². The van der Waals surface area contributed by atoms with Crippen LogP contribution in [-0.2, 0) is 14.8 Å². The summed E-state index contributed by atoms with van der Waals surface area (Å²) in [5.41, 5.74) is 0.204. The van der Waals surface area contributed by atoms with Crippen LogP contribution in [-0.4, -0.2) is 44.9 Å². The zero-order valence-electron chi connectivity index (χ0n) is 13.5. The Labute approximate surface area is 150 Å². The second kappa shape index (κ2) is 7.17.